The molecule has 30 heavy (non-hydrogen) atoms. The van der Waals surface area contributed by atoms with Crippen molar-refractivity contribution < 1.29 is 18.7 Å². The molecule has 0 spiro atoms. The number of nitrogens with one attached hydrogen (secondary N) is 1. The highest BCUT2D eigenvalue weighted by molar-refractivity contribution is 6.05. The molecule has 3 aromatic heterocycles. The van der Waals surface area contributed by atoms with Crippen molar-refractivity contribution in [1.29, 1.82) is 0 Å². The van der Waals surface area contributed by atoms with Crippen molar-refractivity contribution in [2.45, 2.75) is 33.4 Å². The summed E-state index contributed by atoms with van der Waals surface area (Å²) >= 11 is 0. The van der Waals surface area contributed by atoms with E-state index in [2.05, 4.69) is 25.5 Å². The maximum Gasteiger partial charge on any atom is 0.279 e. The van der Waals surface area contributed by atoms with Gasteiger partial charge in [0.25, 0.3) is 5.91 Å². The minimum atomic E-state index is -0.798. The lowest BCUT2D eigenvalue weighted by molar-refractivity contribution is 0.102. The van der Waals surface area contributed by atoms with Crippen LogP contribution in [0.2, 0.25) is 0 Å². The number of rotatable bonds is 6. The van der Waals surface area contributed by atoms with Gasteiger partial charge in [0.05, 0.1) is 12.4 Å². The van der Waals surface area contributed by atoms with E-state index < -0.39 is 12.0 Å². The van der Waals surface area contributed by atoms with Crippen molar-refractivity contribution in [3.05, 3.63) is 65.5 Å². The minimum absolute atomic E-state index is 0.171. The highest BCUT2D eigenvalue weighted by Gasteiger charge is 2.21. The first-order chi connectivity index (χ1) is 14.4. The molecule has 10 nitrogen and oxygen atoms in total. The monoisotopic (exact) mass is 408 g/mol. The van der Waals surface area contributed by atoms with E-state index in [0.717, 1.165) is 11.1 Å². The third-order valence-electron chi connectivity index (χ3n) is 4.23. The van der Waals surface area contributed by atoms with Gasteiger partial charge in [-0.25, -0.2) is 9.97 Å². The van der Waals surface area contributed by atoms with E-state index in [4.69, 9.17) is 8.83 Å². The lowest BCUT2D eigenvalue weighted by atomic mass is 10.1. The topological polar surface area (TPSA) is 132 Å². The van der Waals surface area contributed by atoms with Crippen LogP contribution in [0.1, 0.15) is 46.6 Å². The number of aliphatic hydroxyl groups is 1. The summed E-state index contributed by atoms with van der Waals surface area (Å²) in [5, 5.41) is 20.5. The van der Waals surface area contributed by atoms with E-state index in [1.54, 1.807) is 13.8 Å². The second-order valence-electron chi connectivity index (χ2n) is 6.84. The van der Waals surface area contributed by atoms with Gasteiger partial charge in [0.1, 0.15) is 18.4 Å². The molecule has 0 fully saturated rings. The Morgan fingerprint density at radius 2 is 2.10 bits per heavy atom. The summed E-state index contributed by atoms with van der Waals surface area (Å²) in [5.74, 6) is 1.29. The van der Waals surface area contributed by atoms with Crippen LogP contribution in [-0.4, -0.2) is 36.0 Å². The van der Waals surface area contributed by atoms with Crippen LogP contribution in [0.3, 0.4) is 0 Å². The third-order valence-corrected chi connectivity index (χ3v) is 4.23. The molecular weight excluding hydrogens is 388 g/mol. The number of hydrogen-bond donors (Lipinski definition) is 2. The highest BCUT2D eigenvalue weighted by Crippen LogP contribution is 2.26. The summed E-state index contributed by atoms with van der Waals surface area (Å²) < 4.78 is 11.1. The van der Waals surface area contributed by atoms with Crippen molar-refractivity contribution in [2.75, 3.05) is 5.32 Å². The van der Waals surface area contributed by atoms with Gasteiger partial charge in [-0.3, -0.25) is 4.79 Å². The van der Waals surface area contributed by atoms with Crippen LogP contribution in [0, 0.1) is 13.8 Å². The van der Waals surface area contributed by atoms with Crippen molar-refractivity contribution in [3.63, 3.8) is 0 Å². The second-order valence-corrected chi connectivity index (χ2v) is 6.84. The molecule has 0 aliphatic carbocycles. The predicted octanol–water partition coefficient (Wildman–Crippen LogP) is 2.89. The summed E-state index contributed by atoms with van der Waals surface area (Å²) in [5.41, 5.74) is 1.98. The maximum atomic E-state index is 12.8. The van der Waals surface area contributed by atoms with E-state index in [9.17, 15) is 9.90 Å². The summed E-state index contributed by atoms with van der Waals surface area (Å²) in [6.07, 6.45) is 2.12. The predicted molar refractivity (Wildman–Crippen MR) is 106 cm³/mol. The fourth-order valence-electron chi connectivity index (χ4n) is 2.90. The van der Waals surface area contributed by atoms with Crippen LogP contribution in [0.4, 0.5) is 5.82 Å². The first-order valence-corrected chi connectivity index (χ1v) is 9.27. The zero-order valence-corrected chi connectivity index (χ0v) is 16.7. The number of aliphatic hydroxyl groups excluding tert-OH is 1. The van der Waals surface area contributed by atoms with Crippen molar-refractivity contribution in [3.8, 4) is 11.3 Å². The fraction of sp³-hybridized carbons (Fsp3) is 0.250. The van der Waals surface area contributed by atoms with Gasteiger partial charge in [-0.1, -0.05) is 23.8 Å². The van der Waals surface area contributed by atoms with Gasteiger partial charge in [-0.05, 0) is 19.9 Å². The number of anilines is 1. The molecule has 3 heterocycles. The molecule has 1 aromatic carbocycles. The molecular formula is C20H20N6O4. The summed E-state index contributed by atoms with van der Waals surface area (Å²) in [4.78, 5) is 22.3. The van der Waals surface area contributed by atoms with Crippen molar-refractivity contribution in [2.24, 2.45) is 0 Å². The van der Waals surface area contributed by atoms with Crippen molar-refractivity contribution in [1.82, 2.24) is 25.0 Å². The smallest absolute Gasteiger partial charge is 0.279 e. The number of nitrogens with zero attached hydrogens (tertiary/aromatic N) is 5. The Hall–Kier alpha value is -3.79. The van der Waals surface area contributed by atoms with E-state index in [1.807, 2.05) is 31.2 Å². The maximum absolute atomic E-state index is 12.8. The Kier molecular flexibility index (Phi) is 5.15. The van der Waals surface area contributed by atoms with E-state index in [-0.39, 0.29) is 23.9 Å². The van der Waals surface area contributed by atoms with E-state index in [1.165, 1.54) is 17.2 Å². The molecule has 0 aliphatic heterocycles. The SMILES string of the molecule is Cc1cccc(-c2oc(C)nc2C(=O)Nc2cnn(Cc3cnc(C(C)O)o3)n2)c1. The van der Waals surface area contributed by atoms with Gasteiger partial charge in [-0.15, -0.1) is 5.10 Å². The second kappa shape index (κ2) is 7.91. The Bertz CT molecular complexity index is 1190. The zero-order chi connectivity index (χ0) is 21.3. The molecule has 0 aliphatic rings. The van der Waals surface area contributed by atoms with Crippen LogP contribution >= 0.6 is 0 Å². The zero-order valence-electron chi connectivity index (χ0n) is 16.7. The summed E-state index contributed by atoms with van der Waals surface area (Å²) in [6.45, 7) is 5.41. The lowest BCUT2D eigenvalue weighted by Crippen LogP contribution is -2.14. The Morgan fingerprint density at radius 3 is 2.83 bits per heavy atom. The fourth-order valence-corrected chi connectivity index (χ4v) is 2.90. The van der Waals surface area contributed by atoms with Gasteiger partial charge < -0.3 is 19.3 Å². The number of aromatic nitrogens is 5. The highest BCUT2D eigenvalue weighted by atomic mass is 16.4. The molecule has 0 saturated heterocycles. The number of carbonyl (C=O) groups is 1. The molecule has 1 atom stereocenters. The largest absolute Gasteiger partial charge is 0.441 e. The number of carbonyl (C=O) groups excluding carboxylic acids is 1. The average Bonchev–Trinajstić information content (AvgIpc) is 3.42. The number of hydrogen-bond acceptors (Lipinski definition) is 8. The van der Waals surface area contributed by atoms with Crippen LogP contribution in [0.15, 0.2) is 45.5 Å². The molecule has 154 valence electrons. The minimum Gasteiger partial charge on any atom is -0.441 e. The Balaban J connectivity index is 1.50. The van der Waals surface area contributed by atoms with Gasteiger partial charge in [0, 0.05) is 12.5 Å². The third kappa shape index (κ3) is 4.13. The molecule has 4 rings (SSSR count). The standard InChI is InChI=1S/C20H20N6O4/c1-11-5-4-6-14(7-11)18-17(23-13(3)29-18)19(28)24-16-9-22-26(25-16)10-15-8-21-20(30-15)12(2)27/h4-9,12,27H,10H2,1-3H3,(H,24,25,28). The molecule has 4 aromatic rings. The number of benzene rings is 1. The van der Waals surface area contributed by atoms with E-state index in [0.29, 0.717) is 17.4 Å². The lowest BCUT2D eigenvalue weighted by Gasteiger charge is -2.02. The first-order valence-electron chi connectivity index (χ1n) is 9.27. The van der Waals surface area contributed by atoms with Gasteiger partial charge in [-0.2, -0.15) is 9.90 Å². The summed E-state index contributed by atoms with van der Waals surface area (Å²) in [7, 11) is 0. The summed E-state index contributed by atoms with van der Waals surface area (Å²) in [6, 6.07) is 7.64. The van der Waals surface area contributed by atoms with Crippen LogP contribution in [0.5, 0.6) is 0 Å². The van der Waals surface area contributed by atoms with Crippen LogP contribution in [0.25, 0.3) is 11.3 Å². The Morgan fingerprint density at radius 1 is 1.27 bits per heavy atom. The van der Waals surface area contributed by atoms with Crippen LogP contribution < -0.4 is 5.32 Å². The Labute approximate surface area is 171 Å². The van der Waals surface area contributed by atoms with Crippen LogP contribution in [-0.2, 0) is 6.54 Å². The molecule has 0 bridgehead atoms. The van der Waals surface area contributed by atoms with Gasteiger partial charge in [0.2, 0.25) is 5.89 Å². The number of aryl methyl sites for hydroxylation is 2. The molecule has 1 unspecified atom stereocenters. The van der Waals surface area contributed by atoms with Gasteiger partial charge in [0.15, 0.2) is 23.2 Å². The molecule has 2 N–H and O–H groups in total. The number of amides is 1. The van der Waals surface area contributed by atoms with Gasteiger partial charge >= 0.3 is 0 Å². The molecule has 1 amide bonds. The normalized spacial score (nSPS) is 12.1. The quantitative estimate of drug-likeness (QED) is 0.498. The van der Waals surface area contributed by atoms with E-state index >= 15 is 0 Å². The molecule has 10 heteroatoms. The average molecular weight is 408 g/mol. The molecule has 0 saturated carbocycles. The van der Waals surface area contributed by atoms with Crippen molar-refractivity contribution >= 4 is 11.7 Å². The number of oxazole rings is 2. The molecule has 0 radical (unpaired) electrons. The first kappa shape index (κ1) is 19.5.